The van der Waals surface area contributed by atoms with Gasteiger partial charge in [0.15, 0.2) is 0 Å². The van der Waals surface area contributed by atoms with E-state index < -0.39 is 107 Å². The van der Waals surface area contributed by atoms with Crippen LogP contribution in [0.2, 0.25) is 0 Å². The molecular formula is C65H98N8O16S8. The number of rotatable bonds is 14. The van der Waals surface area contributed by atoms with Gasteiger partial charge in [0.05, 0.1) is 19.6 Å². The summed E-state index contributed by atoms with van der Waals surface area (Å²) in [4.78, 5) is 49.7. The van der Waals surface area contributed by atoms with E-state index >= 15 is 0 Å². The molecule has 4 heterocycles. The molecule has 8 rings (SSSR count). The summed E-state index contributed by atoms with van der Waals surface area (Å²) >= 11 is 6.08. The van der Waals surface area contributed by atoms with Crippen LogP contribution < -0.4 is 21.9 Å². The van der Waals surface area contributed by atoms with E-state index in [4.69, 9.17) is 15.6 Å². The van der Waals surface area contributed by atoms with Crippen LogP contribution in [0.5, 0.6) is 0 Å². The maximum Gasteiger partial charge on any atom is 0.263 e. The number of aryl methyl sites for hydroxylation is 6. The highest BCUT2D eigenvalue weighted by atomic mass is 32.2. The Morgan fingerprint density at radius 1 is 0.402 bits per heavy atom. The van der Waals surface area contributed by atoms with Crippen molar-refractivity contribution in [1.82, 2.24) is 39.1 Å². The molecule has 0 bridgehead atoms. The third kappa shape index (κ3) is 18.3. The molecule has 4 aromatic rings. The van der Waals surface area contributed by atoms with Gasteiger partial charge in [0, 0.05) is 68.2 Å². The Hall–Kier alpha value is -4.36. The lowest BCUT2D eigenvalue weighted by Crippen LogP contribution is -2.61. The molecule has 4 aliphatic heterocycles. The zero-order valence-corrected chi connectivity index (χ0v) is 65.4. The first-order chi connectivity index (χ1) is 44.7. The summed E-state index contributed by atoms with van der Waals surface area (Å²) in [5.74, 6) is -0.482. The van der Waals surface area contributed by atoms with Crippen molar-refractivity contribution in [3.63, 3.8) is 0 Å². The summed E-state index contributed by atoms with van der Waals surface area (Å²) in [5.41, 5.74) is 16.0. The van der Waals surface area contributed by atoms with E-state index in [0.29, 0.717) is 45.3 Å². The molecule has 32 heteroatoms. The summed E-state index contributed by atoms with van der Waals surface area (Å²) in [6.07, 6.45) is 1.88. The Morgan fingerprint density at radius 2 is 0.670 bits per heavy atom. The van der Waals surface area contributed by atoms with E-state index in [-0.39, 0.29) is 45.8 Å². The van der Waals surface area contributed by atoms with Gasteiger partial charge in [-0.2, -0.15) is 64.3 Å². The normalized spacial score (nSPS) is 21.4. The van der Waals surface area contributed by atoms with Gasteiger partial charge in [0.2, 0.25) is 40.1 Å². The Morgan fingerprint density at radius 3 is 0.969 bits per heavy atom. The second-order valence-corrected chi connectivity index (χ2v) is 41.1. The number of thioether (sulfide) groups is 4. The molecule has 4 aliphatic rings. The molecule has 4 fully saturated rings. The van der Waals surface area contributed by atoms with Gasteiger partial charge >= 0.3 is 0 Å². The van der Waals surface area contributed by atoms with Crippen LogP contribution in [0.25, 0.3) is 0 Å². The summed E-state index contributed by atoms with van der Waals surface area (Å²) in [5, 5.41) is 36.3. The zero-order chi connectivity index (χ0) is 73.7. The Balaban J connectivity index is 0.000000234. The molecule has 97 heavy (non-hydrogen) atoms. The number of nitrogens with one attached hydrogen (secondary N) is 4. The quantitative estimate of drug-likeness (QED) is 0.0434. The van der Waals surface area contributed by atoms with Crippen molar-refractivity contribution in [1.29, 1.82) is 0 Å². The minimum absolute atomic E-state index is 0.167. The zero-order valence-electron chi connectivity index (χ0n) is 58.8. The molecule has 542 valence electrons. The topological polar surface area (TPSA) is 347 Å². The van der Waals surface area contributed by atoms with Crippen LogP contribution in [0.15, 0.2) is 74.2 Å². The molecule has 4 saturated heterocycles. The molecule has 8 N–H and O–H groups in total. The van der Waals surface area contributed by atoms with Gasteiger partial charge in [-0.25, -0.2) is 55.6 Å². The average Bonchev–Trinajstić information content (AvgIpc) is 0.761. The fraction of sp³-hybridized carbons (Fsp3) is 0.569. The predicted molar refractivity (Wildman–Crippen MR) is 384 cm³/mol. The van der Waals surface area contributed by atoms with Crippen LogP contribution in [-0.2, 0) is 65.7 Å². The maximum atomic E-state index is 13.6. The van der Waals surface area contributed by atoms with Crippen LogP contribution in [0.1, 0.15) is 130 Å². The van der Waals surface area contributed by atoms with Crippen molar-refractivity contribution in [2.24, 2.45) is 0 Å². The molecular weight excluding hydrogens is 1410 g/mol. The number of sulfonamides is 4. The number of carbonyl (C=O) groups is 4. The Labute approximate surface area is 591 Å². The molecule has 4 aromatic carbocycles. The van der Waals surface area contributed by atoms with Gasteiger partial charge in [-0.3, -0.25) is 40.0 Å². The third-order valence-electron chi connectivity index (χ3n) is 17.9. The van der Waals surface area contributed by atoms with E-state index in [1.165, 1.54) is 64.3 Å². The third-order valence-corrected chi connectivity index (χ3v) is 31.3. The largest absolute Gasteiger partial charge is 0.289 e. The lowest BCUT2D eigenvalue weighted by atomic mass is 9.95. The van der Waals surface area contributed by atoms with Gasteiger partial charge < -0.3 is 0 Å². The fourth-order valence-electron chi connectivity index (χ4n) is 13.0. The highest BCUT2D eigenvalue weighted by molar-refractivity contribution is 8.01. The minimum atomic E-state index is -3.91. The van der Waals surface area contributed by atoms with Crippen molar-refractivity contribution in [3.05, 3.63) is 116 Å². The highest BCUT2D eigenvalue weighted by Crippen LogP contribution is 2.44. The number of hydrogen-bond donors (Lipinski definition) is 8. The van der Waals surface area contributed by atoms with Crippen LogP contribution >= 0.6 is 47.0 Å². The number of amides is 4. The minimum Gasteiger partial charge on any atom is -0.289 e. The van der Waals surface area contributed by atoms with Gasteiger partial charge in [-0.05, 0) is 211 Å². The van der Waals surface area contributed by atoms with Crippen molar-refractivity contribution >= 4 is 111 Å². The SMILES string of the molecule is CCCc1ccc(S(=O)(=O)N2CCSC(C)(C)C2C(=O)NO)cc1.Cc1c(C)c(C)c(S(=O)(=O)N2CCSC(C)(C)C2C(=O)NO)c(C)c1C.Cc1cc(C)c(S(=O)(=O)N2CCSC(C)(C)C2C(=O)NO)c(C)c1.Cc1cc(C)cc(S(=O)(=O)N2CCSC(C)(C)C2C(=O)NO)c1. The molecule has 0 saturated carbocycles. The molecule has 0 aromatic heterocycles. The lowest BCUT2D eigenvalue weighted by molar-refractivity contribution is -0.134. The summed E-state index contributed by atoms with van der Waals surface area (Å²) < 4.78 is 108. The predicted octanol–water partition coefficient (Wildman–Crippen LogP) is 8.34. The summed E-state index contributed by atoms with van der Waals surface area (Å²) in [6.45, 7) is 36.0. The van der Waals surface area contributed by atoms with E-state index in [0.717, 1.165) is 51.8 Å². The van der Waals surface area contributed by atoms with Crippen molar-refractivity contribution < 1.29 is 73.7 Å². The molecule has 4 atom stereocenters. The maximum absolute atomic E-state index is 13.6. The Bertz CT molecular complexity index is 3970. The first-order valence-corrected chi connectivity index (χ1v) is 41.1. The number of hydroxylamine groups is 4. The fourth-order valence-corrected chi connectivity index (χ4v) is 26.6. The number of benzene rings is 4. The van der Waals surface area contributed by atoms with Crippen molar-refractivity contribution in [2.45, 2.75) is 207 Å². The standard InChI is InChI=1S/C18H28N2O4S2.2C16H24N2O4S2.C15H22N2O4S2/c1-10-11(2)13(4)15(14(5)12(10)3)26(23,24)20-8-9-25-18(6,7)16(20)17(21)19-22;1-10-8-11(2)13(12(3)9-10)24(21,22)18-6-7-23-16(4,5)14(18)15(19)17-20;1-4-5-12-6-8-13(9-7-12)24(21,22)18-10-11-23-16(2,3)14(18)15(19)17-20;1-10-7-11(2)9-12(8-10)23(20,21)17-5-6-22-15(3,4)13(17)14(18)16-19/h16,22H,8-9H2,1-7H3,(H,19,21);8-9,14,20H,6-7H2,1-5H3,(H,17,19);6-9,14,20H,4-5,10-11H2,1-3H3,(H,17,19);7-9,13,19H,5-6H2,1-4H3,(H,16,18). The van der Waals surface area contributed by atoms with E-state index in [1.807, 2.05) is 115 Å². The smallest absolute Gasteiger partial charge is 0.263 e. The van der Waals surface area contributed by atoms with Crippen LogP contribution in [0.4, 0.5) is 0 Å². The monoisotopic (exact) mass is 1500 g/mol. The van der Waals surface area contributed by atoms with E-state index in [1.54, 1.807) is 86.0 Å². The lowest BCUT2D eigenvalue weighted by Gasteiger charge is -2.43. The van der Waals surface area contributed by atoms with Crippen LogP contribution in [0, 0.1) is 69.2 Å². The van der Waals surface area contributed by atoms with E-state index in [9.17, 15) is 58.1 Å². The molecule has 4 amide bonds. The average molecular weight is 1500 g/mol. The summed E-state index contributed by atoms with van der Waals surface area (Å²) in [6, 6.07) is 11.6. The van der Waals surface area contributed by atoms with Crippen molar-refractivity contribution in [2.75, 3.05) is 49.2 Å². The van der Waals surface area contributed by atoms with Gasteiger partial charge in [0.25, 0.3) is 23.6 Å². The summed E-state index contributed by atoms with van der Waals surface area (Å²) in [7, 11) is -15.4. The van der Waals surface area contributed by atoms with Crippen molar-refractivity contribution in [3.8, 4) is 0 Å². The van der Waals surface area contributed by atoms with Crippen LogP contribution in [0.3, 0.4) is 0 Å². The molecule has 0 spiro atoms. The Kier molecular flexibility index (Phi) is 28.1. The molecule has 0 aliphatic carbocycles. The first-order valence-electron chi connectivity index (χ1n) is 31.4. The molecule has 4 unspecified atom stereocenters. The number of carbonyl (C=O) groups excluding carboxylic acids is 4. The highest BCUT2D eigenvalue weighted by Gasteiger charge is 2.53. The molecule has 0 radical (unpaired) electrons. The first kappa shape index (κ1) is 83.3. The van der Waals surface area contributed by atoms with Gasteiger partial charge in [-0.15, -0.1) is 0 Å². The second kappa shape index (κ2) is 32.7. The number of nitrogens with zero attached hydrogens (tertiary/aromatic N) is 4. The second-order valence-electron chi connectivity index (χ2n) is 26.7. The van der Waals surface area contributed by atoms with Gasteiger partial charge in [-0.1, -0.05) is 49.2 Å². The van der Waals surface area contributed by atoms with Gasteiger partial charge in [0.1, 0.15) is 24.2 Å². The molecule has 24 nitrogen and oxygen atoms in total. The number of hydrogen-bond acceptors (Lipinski definition) is 20. The van der Waals surface area contributed by atoms with E-state index in [2.05, 4.69) is 6.92 Å². The van der Waals surface area contributed by atoms with Crippen LogP contribution in [-0.4, -0.2) is 188 Å².